The standard InChI is InChI=1S/C12H17NO4S2/c1-2-11-13-10(7-18-11)6-17-12(14)5-9-3-4-19(15,16)8-9/h7,9H,2-6,8H2,1H3. The highest BCUT2D eigenvalue weighted by atomic mass is 32.2. The van der Waals surface area contributed by atoms with Gasteiger partial charge in [-0.25, -0.2) is 13.4 Å². The number of aryl methyl sites for hydroxylation is 1. The number of esters is 1. The fourth-order valence-electron chi connectivity index (χ4n) is 2.06. The summed E-state index contributed by atoms with van der Waals surface area (Å²) < 4.78 is 27.7. The van der Waals surface area contributed by atoms with Crippen LogP contribution in [0.1, 0.15) is 30.5 Å². The number of hydrogen-bond donors (Lipinski definition) is 0. The van der Waals surface area contributed by atoms with E-state index in [2.05, 4.69) is 4.98 Å². The first-order valence-electron chi connectivity index (χ1n) is 6.28. The number of carbonyl (C=O) groups excluding carboxylic acids is 1. The molecule has 1 aromatic rings. The van der Waals surface area contributed by atoms with Gasteiger partial charge in [-0.3, -0.25) is 4.79 Å². The van der Waals surface area contributed by atoms with E-state index in [1.54, 1.807) is 11.3 Å². The Bertz CT molecular complexity index is 550. The van der Waals surface area contributed by atoms with Crippen molar-refractivity contribution in [1.29, 1.82) is 0 Å². The summed E-state index contributed by atoms with van der Waals surface area (Å²) in [7, 11) is -2.93. The van der Waals surface area contributed by atoms with Crippen LogP contribution >= 0.6 is 11.3 Å². The van der Waals surface area contributed by atoms with Crippen molar-refractivity contribution in [3.05, 3.63) is 16.1 Å². The van der Waals surface area contributed by atoms with Crippen LogP contribution in [0.2, 0.25) is 0 Å². The van der Waals surface area contributed by atoms with E-state index in [1.165, 1.54) is 0 Å². The molecule has 1 aliphatic rings. The Morgan fingerprint density at radius 3 is 2.95 bits per heavy atom. The zero-order chi connectivity index (χ0) is 13.9. The van der Waals surface area contributed by atoms with Crippen LogP contribution in [0.5, 0.6) is 0 Å². The minimum atomic E-state index is -2.93. The van der Waals surface area contributed by atoms with Gasteiger partial charge in [0.15, 0.2) is 9.84 Å². The summed E-state index contributed by atoms with van der Waals surface area (Å²) in [5.74, 6) is -0.123. The van der Waals surface area contributed by atoms with Gasteiger partial charge in [0.2, 0.25) is 0 Å². The molecule has 0 spiro atoms. The van der Waals surface area contributed by atoms with Crippen LogP contribution in [0.15, 0.2) is 5.38 Å². The number of hydrogen-bond acceptors (Lipinski definition) is 6. The van der Waals surface area contributed by atoms with Gasteiger partial charge in [-0.15, -0.1) is 11.3 Å². The normalized spacial score (nSPS) is 21.4. The molecule has 1 aromatic heterocycles. The summed E-state index contributed by atoms with van der Waals surface area (Å²) in [6, 6.07) is 0. The number of nitrogens with zero attached hydrogens (tertiary/aromatic N) is 1. The summed E-state index contributed by atoms with van der Waals surface area (Å²) >= 11 is 1.55. The summed E-state index contributed by atoms with van der Waals surface area (Å²) in [5, 5.41) is 2.90. The van der Waals surface area contributed by atoms with E-state index in [0.717, 1.165) is 17.1 Å². The van der Waals surface area contributed by atoms with Gasteiger partial charge in [0.1, 0.15) is 6.61 Å². The molecule has 0 radical (unpaired) electrons. The third-order valence-corrected chi connectivity index (χ3v) is 5.94. The average molecular weight is 303 g/mol. The molecule has 1 atom stereocenters. The van der Waals surface area contributed by atoms with Gasteiger partial charge in [-0.2, -0.15) is 0 Å². The molecule has 0 amide bonds. The van der Waals surface area contributed by atoms with Crippen molar-refractivity contribution in [2.24, 2.45) is 5.92 Å². The second-order valence-corrected chi connectivity index (χ2v) is 7.89. The van der Waals surface area contributed by atoms with E-state index >= 15 is 0 Å². The fourth-order valence-corrected chi connectivity index (χ4v) is 4.65. The Hall–Kier alpha value is -0.950. The summed E-state index contributed by atoms with van der Waals surface area (Å²) in [4.78, 5) is 15.9. The first kappa shape index (κ1) is 14.5. The lowest BCUT2D eigenvalue weighted by Crippen LogP contribution is -2.13. The number of carbonyl (C=O) groups is 1. The molecule has 1 unspecified atom stereocenters. The molecule has 5 nitrogen and oxygen atoms in total. The van der Waals surface area contributed by atoms with Crippen LogP contribution in [0.3, 0.4) is 0 Å². The Morgan fingerprint density at radius 1 is 1.58 bits per heavy atom. The Kier molecular flexibility index (Phi) is 4.57. The number of rotatable bonds is 5. The Morgan fingerprint density at radius 2 is 2.37 bits per heavy atom. The topological polar surface area (TPSA) is 73.3 Å². The second kappa shape index (κ2) is 6.00. The lowest BCUT2D eigenvalue weighted by molar-refractivity contribution is -0.146. The molecule has 0 N–H and O–H groups in total. The van der Waals surface area contributed by atoms with Gasteiger partial charge in [-0.1, -0.05) is 6.92 Å². The number of ether oxygens (including phenoxy) is 1. The molecule has 2 heterocycles. The minimum absolute atomic E-state index is 0.0841. The lowest BCUT2D eigenvalue weighted by atomic mass is 10.1. The monoisotopic (exact) mass is 303 g/mol. The second-order valence-electron chi connectivity index (χ2n) is 4.72. The molecule has 1 saturated heterocycles. The minimum Gasteiger partial charge on any atom is -0.459 e. The first-order valence-corrected chi connectivity index (χ1v) is 8.98. The van der Waals surface area contributed by atoms with E-state index in [-0.39, 0.29) is 36.4 Å². The van der Waals surface area contributed by atoms with Gasteiger partial charge in [0, 0.05) is 11.8 Å². The summed E-state index contributed by atoms with van der Waals surface area (Å²) in [6.45, 7) is 2.20. The van der Waals surface area contributed by atoms with Crippen LogP contribution in [-0.4, -0.2) is 30.9 Å². The average Bonchev–Trinajstić information content (AvgIpc) is 2.93. The number of sulfone groups is 1. The molecular formula is C12H17NO4S2. The van der Waals surface area contributed by atoms with E-state index in [9.17, 15) is 13.2 Å². The van der Waals surface area contributed by atoms with Crippen LogP contribution in [0, 0.1) is 5.92 Å². The number of thiazole rings is 1. The number of aromatic nitrogens is 1. The van der Waals surface area contributed by atoms with Crippen LogP contribution in [0.25, 0.3) is 0 Å². The smallest absolute Gasteiger partial charge is 0.306 e. The van der Waals surface area contributed by atoms with E-state index in [4.69, 9.17) is 4.74 Å². The summed E-state index contributed by atoms with van der Waals surface area (Å²) in [6.07, 6.45) is 1.62. The van der Waals surface area contributed by atoms with Gasteiger partial charge in [0.25, 0.3) is 0 Å². The summed E-state index contributed by atoms with van der Waals surface area (Å²) in [5.41, 5.74) is 0.759. The maximum absolute atomic E-state index is 11.6. The molecule has 1 fully saturated rings. The highest BCUT2D eigenvalue weighted by Crippen LogP contribution is 2.22. The zero-order valence-corrected chi connectivity index (χ0v) is 12.4. The maximum Gasteiger partial charge on any atom is 0.306 e. The third kappa shape index (κ3) is 4.28. The zero-order valence-electron chi connectivity index (χ0n) is 10.8. The van der Waals surface area contributed by atoms with Gasteiger partial charge >= 0.3 is 5.97 Å². The lowest BCUT2D eigenvalue weighted by Gasteiger charge is -2.06. The predicted octanol–water partition coefficient (Wildman–Crippen LogP) is 1.57. The first-order chi connectivity index (χ1) is 8.98. The Labute approximate surface area is 116 Å². The molecule has 1 aliphatic heterocycles. The van der Waals surface area contributed by atoms with Gasteiger partial charge < -0.3 is 4.74 Å². The van der Waals surface area contributed by atoms with Gasteiger partial charge in [0.05, 0.1) is 22.2 Å². The van der Waals surface area contributed by atoms with Crippen molar-refractivity contribution in [2.75, 3.05) is 11.5 Å². The highest BCUT2D eigenvalue weighted by molar-refractivity contribution is 7.91. The fraction of sp³-hybridized carbons (Fsp3) is 0.667. The van der Waals surface area contributed by atoms with Crippen LogP contribution in [-0.2, 0) is 32.4 Å². The highest BCUT2D eigenvalue weighted by Gasteiger charge is 2.29. The Balaban J connectivity index is 1.76. The molecule has 0 aromatic carbocycles. The SMILES string of the molecule is CCc1nc(COC(=O)CC2CCS(=O)(=O)C2)cs1. The molecule has 2 rings (SSSR count). The van der Waals surface area contributed by atoms with Crippen molar-refractivity contribution in [3.63, 3.8) is 0 Å². The molecule has 0 aliphatic carbocycles. The van der Waals surface area contributed by atoms with Crippen LogP contribution in [0.4, 0.5) is 0 Å². The van der Waals surface area contributed by atoms with Crippen LogP contribution < -0.4 is 0 Å². The van der Waals surface area contributed by atoms with E-state index in [0.29, 0.717) is 6.42 Å². The van der Waals surface area contributed by atoms with E-state index < -0.39 is 9.84 Å². The largest absolute Gasteiger partial charge is 0.459 e. The van der Waals surface area contributed by atoms with Crippen molar-refractivity contribution < 1.29 is 17.9 Å². The van der Waals surface area contributed by atoms with Crippen molar-refractivity contribution in [3.8, 4) is 0 Å². The molecule has 0 saturated carbocycles. The molecule has 7 heteroatoms. The van der Waals surface area contributed by atoms with Crippen molar-refractivity contribution in [1.82, 2.24) is 4.98 Å². The quantitative estimate of drug-likeness (QED) is 0.772. The molecule has 0 bridgehead atoms. The van der Waals surface area contributed by atoms with E-state index in [1.807, 2.05) is 12.3 Å². The van der Waals surface area contributed by atoms with Gasteiger partial charge in [-0.05, 0) is 18.8 Å². The predicted molar refractivity (Wildman–Crippen MR) is 72.7 cm³/mol. The molecule has 106 valence electrons. The third-order valence-electron chi connectivity index (χ3n) is 3.06. The molecular weight excluding hydrogens is 286 g/mol. The van der Waals surface area contributed by atoms with Crippen molar-refractivity contribution >= 4 is 27.1 Å². The maximum atomic E-state index is 11.6. The molecule has 19 heavy (non-hydrogen) atoms. The van der Waals surface area contributed by atoms with Crippen molar-refractivity contribution in [2.45, 2.75) is 32.8 Å².